The van der Waals surface area contributed by atoms with Crippen molar-refractivity contribution in [3.63, 3.8) is 0 Å². The molecule has 0 saturated carbocycles. The Bertz CT molecular complexity index is 1980. The summed E-state index contributed by atoms with van der Waals surface area (Å²) in [7, 11) is 0. The Labute approximate surface area is 354 Å². The average molecular weight is 791 g/mol. The van der Waals surface area contributed by atoms with Crippen LogP contribution in [0.2, 0.25) is 0 Å². The summed E-state index contributed by atoms with van der Waals surface area (Å²) in [6.07, 6.45) is 18.3. The minimum absolute atomic E-state index is 0.0180. The molecule has 5 heteroatoms. The maximum absolute atomic E-state index is 7.33. The van der Waals surface area contributed by atoms with Gasteiger partial charge in [-0.25, -0.2) is 0 Å². The standard InChI is InChI=1S/C53H80N3O2/c1-14-18-24-40-25-22-26-41(27-23-31-56(28-19-15-2,29-20-16-3)30-21-17-4)47(40)42-32-39(5)48-43(33-42)36-54-38-52(12,13)55-37-44-34-45(50(6,7)8)35-46(51(9,10)11)49(44)58-53(54,55)57-48/h22,25-26,32-37H,14-21,23-24,27-31,38H2,1-13H3/q+3. The summed E-state index contributed by atoms with van der Waals surface area (Å²) in [6.45, 7) is 36.1. The van der Waals surface area contributed by atoms with Crippen LogP contribution in [0.25, 0.3) is 11.1 Å². The first-order valence-corrected chi connectivity index (χ1v) is 23.4. The lowest BCUT2D eigenvalue weighted by Crippen LogP contribution is -2.61. The highest BCUT2D eigenvalue weighted by atomic mass is 16.7. The number of aryl methyl sites for hydroxylation is 3. The molecule has 3 aromatic carbocycles. The largest absolute Gasteiger partial charge is 0.704 e. The molecular weight excluding hydrogens is 711 g/mol. The van der Waals surface area contributed by atoms with Gasteiger partial charge in [0.25, 0.3) is 0 Å². The number of nitrogens with zero attached hydrogens (tertiary/aromatic N) is 3. The van der Waals surface area contributed by atoms with E-state index in [1.165, 1.54) is 122 Å². The Morgan fingerprint density at radius 3 is 1.78 bits per heavy atom. The summed E-state index contributed by atoms with van der Waals surface area (Å²) in [5.41, 5.74) is 11.4. The smallest absolute Gasteiger partial charge is 0.340 e. The molecule has 3 heterocycles. The molecule has 0 aliphatic carbocycles. The van der Waals surface area contributed by atoms with Crippen molar-refractivity contribution in [1.82, 2.24) is 0 Å². The highest BCUT2D eigenvalue weighted by Gasteiger charge is 2.75. The highest BCUT2D eigenvalue weighted by Crippen LogP contribution is 2.47. The van der Waals surface area contributed by atoms with Crippen molar-refractivity contribution < 1.29 is 23.1 Å². The number of fused-ring (bicyclic) bond motifs is 2. The van der Waals surface area contributed by atoms with E-state index in [2.05, 4.69) is 154 Å². The van der Waals surface area contributed by atoms with Gasteiger partial charge < -0.3 is 14.0 Å². The van der Waals surface area contributed by atoms with Gasteiger partial charge in [0, 0.05) is 25.8 Å². The Hall–Kier alpha value is -3.44. The fourth-order valence-corrected chi connectivity index (χ4v) is 9.90. The molecular formula is C53H80N3O2+3. The first-order chi connectivity index (χ1) is 27.4. The lowest BCUT2D eigenvalue weighted by atomic mass is 9.79. The third-order valence-electron chi connectivity index (χ3n) is 13.4. The molecule has 0 amide bonds. The van der Waals surface area contributed by atoms with E-state index in [4.69, 9.17) is 9.47 Å². The molecule has 316 valence electrons. The van der Waals surface area contributed by atoms with Crippen molar-refractivity contribution >= 4 is 12.4 Å². The van der Waals surface area contributed by atoms with E-state index in [9.17, 15) is 0 Å². The van der Waals surface area contributed by atoms with E-state index < -0.39 is 6.03 Å². The second-order valence-electron chi connectivity index (χ2n) is 20.9. The molecule has 6 rings (SSSR count). The van der Waals surface area contributed by atoms with Gasteiger partial charge in [0.1, 0.15) is 0 Å². The van der Waals surface area contributed by atoms with Gasteiger partial charge in [-0.2, -0.15) is 0 Å². The molecule has 3 aromatic rings. The summed E-state index contributed by atoms with van der Waals surface area (Å²) in [4.78, 5) is 0. The van der Waals surface area contributed by atoms with Gasteiger partial charge in [-0.15, -0.1) is 0 Å². The van der Waals surface area contributed by atoms with Gasteiger partial charge in [0.15, 0.2) is 23.9 Å². The second-order valence-corrected chi connectivity index (χ2v) is 20.9. The molecule has 0 radical (unpaired) electrons. The fraction of sp³-hybridized carbons (Fsp3) is 0.623. The third kappa shape index (κ3) is 8.86. The SMILES string of the molecule is CCCCc1cccc(CCC[N+](CCCC)(CCCC)CCCC)c1-c1cc(C)c2c(c1)C=[N+]1CC(C)(C)[N+]3=Cc4cc(C(C)(C)C)cc(C(C)(C)C)c4OC13O2. The number of rotatable bonds is 17. The number of hydrogen-bond acceptors (Lipinski definition) is 2. The van der Waals surface area contributed by atoms with Crippen LogP contribution in [0.4, 0.5) is 0 Å². The summed E-state index contributed by atoms with van der Waals surface area (Å²) in [6, 6.07) is 15.6. The molecule has 1 saturated heterocycles. The Balaban J connectivity index is 1.40. The molecule has 0 N–H and O–H groups in total. The Morgan fingerprint density at radius 2 is 1.21 bits per heavy atom. The highest BCUT2D eigenvalue weighted by molar-refractivity contribution is 5.87. The average Bonchev–Trinajstić information content (AvgIpc) is 3.39. The van der Waals surface area contributed by atoms with E-state index in [0.29, 0.717) is 0 Å². The van der Waals surface area contributed by atoms with Crippen molar-refractivity contribution in [2.75, 3.05) is 32.7 Å². The first kappa shape index (κ1) is 44.1. The van der Waals surface area contributed by atoms with Crippen LogP contribution >= 0.6 is 0 Å². The van der Waals surface area contributed by atoms with Gasteiger partial charge in [0.05, 0.1) is 37.3 Å². The first-order valence-electron chi connectivity index (χ1n) is 23.4. The number of hydrogen-bond donors (Lipinski definition) is 0. The van der Waals surface area contributed by atoms with Crippen molar-refractivity contribution in [1.29, 1.82) is 0 Å². The van der Waals surface area contributed by atoms with Crippen LogP contribution in [0.3, 0.4) is 0 Å². The van der Waals surface area contributed by atoms with Gasteiger partial charge in [-0.1, -0.05) is 128 Å². The molecule has 5 nitrogen and oxygen atoms in total. The van der Waals surface area contributed by atoms with Gasteiger partial charge in [-0.3, -0.25) is 0 Å². The van der Waals surface area contributed by atoms with Gasteiger partial charge >= 0.3 is 6.03 Å². The van der Waals surface area contributed by atoms with Gasteiger partial charge in [0.2, 0.25) is 12.1 Å². The van der Waals surface area contributed by atoms with E-state index in [1.54, 1.807) is 0 Å². The zero-order valence-corrected chi connectivity index (χ0v) is 39.2. The van der Waals surface area contributed by atoms with Crippen molar-refractivity contribution in [2.45, 2.75) is 183 Å². The van der Waals surface area contributed by atoms with Gasteiger partial charge in [-0.05, 0) is 108 Å². The van der Waals surface area contributed by atoms with Crippen molar-refractivity contribution in [3.8, 4) is 22.6 Å². The second kappa shape index (κ2) is 17.3. The van der Waals surface area contributed by atoms with Crippen LogP contribution in [-0.2, 0) is 23.7 Å². The zero-order valence-electron chi connectivity index (χ0n) is 39.2. The minimum Gasteiger partial charge on any atom is -0.340 e. The third-order valence-corrected chi connectivity index (χ3v) is 13.4. The molecule has 1 spiro atoms. The molecule has 0 aromatic heterocycles. The lowest BCUT2D eigenvalue weighted by Gasteiger charge is -2.39. The molecule has 0 bridgehead atoms. The topological polar surface area (TPSA) is 24.5 Å². The van der Waals surface area contributed by atoms with Crippen LogP contribution in [0.15, 0.2) is 42.5 Å². The van der Waals surface area contributed by atoms with E-state index >= 15 is 0 Å². The molecule has 1 atom stereocenters. The summed E-state index contributed by atoms with van der Waals surface area (Å²) >= 11 is 0. The summed E-state index contributed by atoms with van der Waals surface area (Å²) < 4.78 is 20.6. The van der Waals surface area contributed by atoms with Crippen molar-refractivity contribution in [2.24, 2.45) is 0 Å². The Kier molecular flexibility index (Phi) is 13.1. The van der Waals surface area contributed by atoms with E-state index in [1.807, 2.05) is 0 Å². The normalized spacial score (nSPS) is 18.4. The monoisotopic (exact) mass is 791 g/mol. The maximum atomic E-state index is 7.33. The molecule has 3 aliphatic heterocycles. The van der Waals surface area contributed by atoms with Crippen LogP contribution in [0.5, 0.6) is 11.5 Å². The van der Waals surface area contributed by atoms with Crippen LogP contribution in [0.1, 0.15) is 180 Å². The minimum atomic E-state index is -1.10. The van der Waals surface area contributed by atoms with Crippen LogP contribution in [0, 0.1) is 6.92 Å². The maximum Gasteiger partial charge on any atom is 0.704 e. The van der Waals surface area contributed by atoms with E-state index in [-0.39, 0.29) is 16.4 Å². The number of unbranched alkanes of at least 4 members (excludes halogenated alkanes) is 4. The quantitative estimate of drug-likeness (QED) is 0.100. The van der Waals surface area contributed by atoms with Crippen LogP contribution < -0.4 is 9.47 Å². The number of benzene rings is 3. The van der Waals surface area contributed by atoms with E-state index in [0.717, 1.165) is 47.6 Å². The number of quaternary nitrogens is 1. The summed E-state index contributed by atoms with van der Waals surface area (Å²) in [5, 5.41) is 0. The number of ether oxygens (including phenoxy) is 2. The Morgan fingerprint density at radius 1 is 0.655 bits per heavy atom. The molecule has 3 aliphatic rings. The molecule has 1 fully saturated rings. The fourth-order valence-electron chi connectivity index (χ4n) is 9.90. The lowest BCUT2D eigenvalue weighted by molar-refractivity contribution is -0.929. The molecule has 58 heavy (non-hydrogen) atoms. The predicted molar refractivity (Wildman–Crippen MR) is 246 cm³/mol. The predicted octanol–water partition coefficient (Wildman–Crippen LogP) is 12.5. The van der Waals surface area contributed by atoms with Crippen LogP contribution in [-0.4, -0.2) is 70.4 Å². The molecule has 1 unspecified atom stereocenters. The zero-order chi connectivity index (χ0) is 42.1. The van der Waals surface area contributed by atoms with Crippen molar-refractivity contribution in [3.05, 3.63) is 81.4 Å². The summed E-state index contributed by atoms with van der Waals surface area (Å²) in [5.74, 6) is 1.85.